The summed E-state index contributed by atoms with van der Waals surface area (Å²) >= 11 is 1.00. The maximum atomic E-state index is 12.4. The molecule has 0 aliphatic heterocycles. The number of fused-ring (bicyclic) bond motifs is 1. The van der Waals surface area contributed by atoms with Crippen LogP contribution in [0, 0.1) is 6.92 Å². The number of aryl methyl sites for hydroxylation is 1. The molecule has 0 saturated heterocycles. The number of nitrogens with one attached hydrogen (secondary N) is 2. The Morgan fingerprint density at radius 1 is 1.15 bits per heavy atom. The van der Waals surface area contributed by atoms with E-state index in [0.29, 0.717) is 16.7 Å². The zero-order chi connectivity index (χ0) is 23.6. The molecule has 0 bridgehead atoms. The number of aromatic nitrogens is 4. The van der Waals surface area contributed by atoms with E-state index in [9.17, 15) is 22.8 Å². The second-order valence-electron chi connectivity index (χ2n) is 6.91. The Bertz CT molecular complexity index is 1350. The maximum absolute atomic E-state index is 12.4. The lowest BCUT2D eigenvalue weighted by molar-refractivity contribution is -0.274. The first-order chi connectivity index (χ1) is 15.7. The number of rotatable bonds is 6. The van der Waals surface area contributed by atoms with Gasteiger partial charge in [-0.3, -0.25) is 9.59 Å². The van der Waals surface area contributed by atoms with E-state index >= 15 is 0 Å². The summed E-state index contributed by atoms with van der Waals surface area (Å²) in [6.45, 7) is 1.96. The third-order valence-electron chi connectivity index (χ3n) is 4.41. The second-order valence-corrected chi connectivity index (χ2v) is 7.87. The molecule has 0 atom stereocenters. The molecular formula is C21H16F3N5O3S. The molecule has 170 valence electrons. The Morgan fingerprint density at radius 2 is 1.85 bits per heavy atom. The zero-order valence-electron chi connectivity index (χ0n) is 17.0. The summed E-state index contributed by atoms with van der Waals surface area (Å²) in [6.07, 6.45) is -3.37. The molecule has 0 unspecified atom stereocenters. The van der Waals surface area contributed by atoms with Crippen LogP contribution in [0.25, 0.3) is 16.7 Å². The summed E-state index contributed by atoms with van der Waals surface area (Å²) in [5, 5.41) is 7.34. The number of alkyl halides is 3. The highest BCUT2D eigenvalue weighted by molar-refractivity contribution is 7.99. The molecule has 4 rings (SSSR count). The fraction of sp³-hybridized carbons (Fsp3) is 0.143. The van der Waals surface area contributed by atoms with Gasteiger partial charge < -0.3 is 15.0 Å². The fourth-order valence-electron chi connectivity index (χ4n) is 2.91. The molecule has 0 radical (unpaired) electrons. The highest BCUT2D eigenvalue weighted by Crippen LogP contribution is 2.24. The van der Waals surface area contributed by atoms with Crippen molar-refractivity contribution in [1.29, 1.82) is 0 Å². The first-order valence-electron chi connectivity index (χ1n) is 9.51. The van der Waals surface area contributed by atoms with Crippen LogP contribution in [-0.2, 0) is 4.79 Å². The number of hydrogen-bond acceptors (Lipinski definition) is 6. The lowest BCUT2D eigenvalue weighted by Gasteiger charge is -2.10. The molecule has 2 heterocycles. The summed E-state index contributed by atoms with van der Waals surface area (Å²) in [6, 6.07) is 12.3. The van der Waals surface area contributed by atoms with Gasteiger partial charge in [0.1, 0.15) is 11.1 Å². The number of H-pyrrole nitrogens is 1. The average molecular weight is 475 g/mol. The maximum Gasteiger partial charge on any atom is 0.573 e. The van der Waals surface area contributed by atoms with Crippen molar-refractivity contribution in [2.75, 3.05) is 11.1 Å². The van der Waals surface area contributed by atoms with Crippen LogP contribution in [0.5, 0.6) is 5.75 Å². The van der Waals surface area contributed by atoms with Gasteiger partial charge in [-0.25, -0.2) is 9.67 Å². The average Bonchev–Trinajstić information content (AvgIpc) is 3.18. The van der Waals surface area contributed by atoms with Crippen LogP contribution in [0.3, 0.4) is 0 Å². The van der Waals surface area contributed by atoms with Gasteiger partial charge in [0.05, 0.1) is 17.6 Å². The molecule has 1 amide bonds. The molecule has 12 heteroatoms. The molecule has 8 nitrogen and oxygen atoms in total. The van der Waals surface area contributed by atoms with Gasteiger partial charge in [-0.1, -0.05) is 29.5 Å². The van der Waals surface area contributed by atoms with Crippen LogP contribution < -0.4 is 15.6 Å². The Hall–Kier alpha value is -3.80. The Labute approximate surface area is 188 Å². The van der Waals surface area contributed by atoms with Gasteiger partial charge in [0, 0.05) is 5.69 Å². The summed E-state index contributed by atoms with van der Waals surface area (Å²) in [5.41, 5.74) is 2.07. The summed E-state index contributed by atoms with van der Waals surface area (Å²) in [7, 11) is 0. The van der Waals surface area contributed by atoms with Crippen molar-refractivity contribution < 1.29 is 22.7 Å². The van der Waals surface area contributed by atoms with Gasteiger partial charge in [-0.2, -0.15) is 5.10 Å². The largest absolute Gasteiger partial charge is 0.573 e. The second kappa shape index (κ2) is 8.98. The van der Waals surface area contributed by atoms with E-state index in [1.807, 2.05) is 31.2 Å². The van der Waals surface area contributed by atoms with Crippen molar-refractivity contribution in [2.24, 2.45) is 0 Å². The predicted molar refractivity (Wildman–Crippen MR) is 117 cm³/mol. The topological polar surface area (TPSA) is 102 Å². The third kappa shape index (κ3) is 5.52. The third-order valence-corrected chi connectivity index (χ3v) is 5.28. The quantitative estimate of drug-likeness (QED) is 0.322. The van der Waals surface area contributed by atoms with E-state index in [1.54, 1.807) is 4.68 Å². The van der Waals surface area contributed by atoms with E-state index < -0.39 is 18.0 Å². The number of carbonyl (C=O) groups excluding carboxylic acids is 1. The Morgan fingerprint density at radius 3 is 2.52 bits per heavy atom. The Balaban J connectivity index is 1.44. The number of halogens is 3. The van der Waals surface area contributed by atoms with Gasteiger partial charge >= 0.3 is 6.36 Å². The molecule has 0 aliphatic carbocycles. The molecule has 33 heavy (non-hydrogen) atoms. The molecule has 4 aromatic rings. The highest BCUT2D eigenvalue weighted by atomic mass is 32.2. The number of benzene rings is 2. The predicted octanol–water partition coefficient (Wildman–Crippen LogP) is 4.05. The zero-order valence-corrected chi connectivity index (χ0v) is 17.8. The molecular weight excluding hydrogens is 459 g/mol. The summed E-state index contributed by atoms with van der Waals surface area (Å²) in [5.74, 6) is -0.914. The first kappa shape index (κ1) is 22.4. The van der Waals surface area contributed by atoms with E-state index in [-0.39, 0.29) is 16.5 Å². The number of ether oxygens (including phenoxy) is 1. The minimum atomic E-state index is -4.79. The molecule has 2 aromatic heterocycles. The minimum absolute atomic E-state index is 0.0894. The van der Waals surface area contributed by atoms with Gasteiger partial charge in [-0.15, -0.1) is 13.2 Å². The number of anilines is 1. The standard InChI is InChI=1S/C21H16F3N5O3S/c1-12-2-6-14(7-3-12)29-18-16(10-25-29)19(31)28-20(27-18)33-11-17(30)26-13-4-8-15(9-5-13)32-21(22,23)24/h2-10H,11H2,1H3,(H,26,30)(H,27,28,31). The van der Waals surface area contributed by atoms with Gasteiger partial charge in [-0.05, 0) is 43.3 Å². The van der Waals surface area contributed by atoms with Gasteiger partial charge in [0.2, 0.25) is 5.91 Å². The molecule has 0 fully saturated rings. The lowest BCUT2D eigenvalue weighted by Crippen LogP contribution is -2.17. The number of aromatic amines is 1. The van der Waals surface area contributed by atoms with Gasteiger partial charge in [0.25, 0.3) is 5.56 Å². The first-order valence-corrected chi connectivity index (χ1v) is 10.5. The normalized spacial score (nSPS) is 11.5. The van der Waals surface area contributed by atoms with Crippen LogP contribution in [0.1, 0.15) is 5.56 Å². The number of hydrogen-bond donors (Lipinski definition) is 2. The fourth-order valence-corrected chi connectivity index (χ4v) is 3.57. The van der Waals surface area contributed by atoms with Gasteiger partial charge in [0.15, 0.2) is 10.8 Å². The minimum Gasteiger partial charge on any atom is -0.406 e. The number of amides is 1. The van der Waals surface area contributed by atoms with Crippen molar-refractivity contribution in [3.63, 3.8) is 0 Å². The molecule has 2 aromatic carbocycles. The molecule has 2 N–H and O–H groups in total. The van der Waals surface area contributed by atoms with Crippen molar-refractivity contribution in [1.82, 2.24) is 19.7 Å². The highest BCUT2D eigenvalue weighted by Gasteiger charge is 2.31. The van der Waals surface area contributed by atoms with Crippen LogP contribution in [0.15, 0.2) is 64.7 Å². The van der Waals surface area contributed by atoms with Crippen molar-refractivity contribution in [3.8, 4) is 11.4 Å². The SMILES string of the molecule is Cc1ccc(-n2ncc3c(=O)[nH]c(SCC(=O)Nc4ccc(OC(F)(F)F)cc4)nc32)cc1. The van der Waals surface area contributed by atoms with Crippen molar-refractivity contribution in [3.05, 3.63) is 70.6 Å². The smallest absolute Gasteiger partial charge is 0.406 e. The number of thioether (sulfide) groups is 1. The van der Waals surface area contributed by atoms with Crippen molar-refractivity contribution >= 4 is 34.4 Å². The van der Waals surface area contributed by atoms with E-state index in [4.69, 9.17) is 0 Å². The van der Waals surface area contributed by atoms with Crippen LogP contribution in [0.2, 0.25) is 0 Å². The monoisotopic (exact) mass is 475 g/mol. The van der Waals surface area contributed by atoms with E-state index in [0.717, 1.165) is 35.1 Å². The van der Waals surface area contributed by atoms with Crippen LogP contribution in [0.4, 0.5) is 18.9 Å². The van der Waals surface area contributed by atoms with Crippen LogP contribution >= 0.6 is 11.8 Å². The van der Waals surface area contributed by atoms with E-state index in [1.165, 1.54) is 18.3 Å². The lowest BCUT2D eigenvalue weighted by atomic mass is 10.2. The number of carbonyl (C=O) groups is 1. The number of nitrogens with zero attached hydrogens (tertiary/aromatic N) is 3. The van der Waals surface area contributed by atoms with Crippen molar-refractivity contribution in [2.45, 2.75) is 18.4 Å². The molecule has 0 saturated carbocycles. The Kier molecular flexibility index (Phi) is 6.09. The molecule has 0 aliphatic rings. The van der Waals surface area contributed by atoms with Crippen LogP contribution in [-0.4, -0.2) is 37.8 Å². The summed E-state index contributed by atoms with van der Waals surface area (Å²) in [4.78, 5) is 31.7. The summed E-state index contributed by atoms with van der Waals surface area (Å²) < 4.78 is 42.0. The van der Waals surface area contributed by atoms with E-state index in [2.05, 4.69) is 25.1 Å². The molecule has 0 spiro atoms.